The van der Waals surface area contributed by atoms with Crippen molar-refractivity contribution in [2.45, 2.75) is 30.8 Å². The fourth-order valence-corrected chi connectivity index (χ4v) is 6.97. The number of benzene rings is 4. The van der Waals surface area contributed by atoms with Crippen LogP contribution in [0.5, 0.6) is 17.2 Å². The van der Waals surface area contributed by atoms with Gasteiger partial charge in [0.1, 0.15) is 18.3 Å². The van der Waals surface area contributed by atoms with Gasteiger partial charge < -0.3 is 24.4 Å². The van der Waals surface area contributed by atoms with Crippen molar-refractivity contribution in [3.63, 3.8) is 0 Å². The molecule has 0 fully saturated rings. The summed E-state index contributed by atoms with van der Waals surface area (Å²) in [6, 6.07) is 24.3. The minimum atomic E-state index is -4.48. The summed E-state index contributed by atoms with van der Waals surface area (Å²) in [4.78, 5) is 29.6. The molecule has 48 heavy (non-hydrogen) atoms. The van der Waals surface area contributed by atoms with Crippen molar-refractivity contribution in [2.24, 2.45) is 0 Å². The molecule has 13 heteroatoms. The molecule has 0 aliphatic carbocycles. The molecule has 4 rings (SSSR count). The van der Waals surface area contributed by atoms with Gasteiger partial charge in [-0.15, -0.1) is 0 Å². The van der Waals surface area contributed by atoms with E-state index in [1.807, 2.05) is 54.6 Å². The van der Waals surface area contributed by atoms with Gasteiger partial charge in [0.2, 0.25) is 11.8 Å². The van der Waals surface area contributed by atoms with Crippen LogP contribution in [0.1, 0.15) is 18.1 Å². The van der Waals surface area contributed by atoms with Crippen LogP contribution in [0.2, 0.25) is 5.02 Å². The molecule has 0 heterocycles. The quantitative estimate of drug-likeness (QED) is 0.156. The number of carbonyl (C=O) groups is 2. The molecule has 2 amide bonds. The van der Waals surface area contributed by atoms with Crippen LogP contribution < -0.4 is 23.8 Å². The largest absolute Gasteiger partial charge is 0.495 e. The van der Waals surface area contributed by atoms with Crippen LogP contribution in [-0.4, -0.2) is 65.6 Å². The van der Waals surface area contributed by atoms with Gasteiger partial charge in [-0.1, -0.05) is 70.0 Å². The van der Waals surface area contributed by atoms with Crippen molar-refractivity contribution in [1.29, 1.82) is 0 Å². The molecular formula is C35H37BrClN3O7S. The number of anilines is 1. The maximum Gasteiger partial charge on any atom is 0.265 e. The summed E-state index contributed by atoms with van der Waals surface area (Å²) in [5.74, 6) is -0.331. The van der Waals surface area contributed by atoms with Gasteiger partial charge in [-0.2, -0.15) is 0 Å². The highest BCUT2D eigenvalue weighted by molar-refractivity contribution is 9.10. The van der Waals surface area contributed by atoms with Gasteiger partial charge >= 0.3 is 0 Å². The Balaban J connectivity index is 1.87. The summed E-state index contributed by atoms with van der Waals surface area (Å²) in [6.45, 7) is 1.47. The van der Waals surface area contributed by atoms with Gasteiger partial charge in [-0.3, -0.25) is 13.9 Å². The number of amides is 2. The van der Waals surface area contributed by atoms with E-state index in [4.69, 9.17) is 25.8 Å². The van der Waals surface area contributed by atoms with E-state index in [-0.39, 0.29) is 46.0 Å². The number of carbonyl (C=O) groups excluding carboxylic acids is 2. The van der Waals surface area contributed by atoms with Gasteiger partial charge in [0.15, 0.2) is 11.5 Å². The third-order valence-corrected chi connectivity index (χ3v) is 10.0. The van der Waals surface area contributed by atoms with Crippen LogP contribution in [0.25, 0.3) is 0 Å². The van der Waals surface area contributed by atoms with Crippen LogP contribution in [0.15, 0.2) is 100 Å². The average Bonchev–Trinajstić information content (AvgIpc) is 3.09. The first-order chi connectivity index (χ1) is 23.0. The monoisotopic (exact) mass is 757 g/mol. The van der Waals surface area contributed by atoms with E-state index < -0.39 is 28.5 Å². The number of nitrogens with one attached hydrogen (secondary N) is 1. The Morgan fingerprint density at radius 2 is 1.48 bits per heavy atom. The Morgan fingerprint density at radius 1 is 0.833 bits per heavy atom. The lowest BCUT2D eigenvalue weighted by atomic mass is 10.0. The zero-order valence-electron chi connectivity index (χ0n) is 27.0. The number of nitrogens with zero attached hydrogens (tertiary/aromatic N) is 2. The highest BCUT2D eigenvalue weighted by Crippen LogP contribution is 2.37. The molecule has 0 saturated heterocycles. The van der Waals surface area contributed by atoms with Crippen molar-refractivity contribution in [1.82, 2.24) is 10.2 Å². The minimum absolute atomic E-state index is 0.0255. The van der Waals surface area contributed by atoms with Crippen LogP contribution >= 0.6 is 27.5 Å². The normalized spacial score (nSPS) is 11.7. The van der Waals surface area contributed by atoms with E-state index in [0.29, 0.717) is 12.3 Å². The maximum absolute atomic E-state index is 14.6. The predicted molar refractivity (Wildman–Crippen MR) is 189 cm³/mol. The van der Waals surface area contributed by atoms with Crippen molar-refractivity contribution < 1.29 is 32.2 Å². The summed E-state index contributed by atoms with van der Waals surface area (Å²) in [7, 11) is -0.257. The molecule has 10 nitrogen and oxygen atoms in total. The van der Waals surface area contributed by atoms with Gasteiger partial charge in [0.05, 0.1) is 31.9 Å². The smallest absolute Gasteiger partial charge is 0.265 e. The number of rotatable bonds is 15. The van der Waals surface area contributed by atoms with E-state index in [0.717, 1.165) is 19.9 Å². The summed E-state index contributed by atoms with van der Waals surface area (Å²) in [5.41, 5.74) is 1.60. The van der Waals surface area contributed by atoms with Crippen molar-refractivity contribution >= 4 is 55.1 Å². The zero-order valence-corrected chi connectivity index (χ0v) is 30.1. The lowest BCUT2D eigenvalue weighted by Crippen LogP contribution is -2.53. The molecule has 4 aromatic rings. The number of halogens is 2. The Morgan fingerprint density at radius 3 is 2.10 bits per heavy atom. The number of hydrogen-bond acceptors (Lipinski definition) is 7. The van der Waals surface area contributed by atoms with Gasteiger partial charge in [-0.05, 0) is 60.5 Å². The van der Waals surface area contributed by atoms with Gasteiger partial charge in [-0.25, -0.2) is 8.42 Å². The number of likely N-dealkylation sites (N-methyl/N-ethyl adjacent to an activating group) is 1. The van der Waals surface area contributed by atoms with Gasteiger partial charge in [0.25, 0.3) is 10.0 Å². The molecule has 0 radical (unpaired) electrons. The first-order valence-corrected chi connectivity index (χ1v) is 17.6. The molecule has 1 atom stereocenters. The third kappa shape index (κ3) is 8.80. The first-order valence-electron chi connectivity index (χ1n) is 15.0. The first kappa shape index (κ1) is 36.6. The van der Waals surface area contributed by atoms with Crippen molar-refractivity contribution in [3.8, 4) is 17.2 Å². The fourth-order valence-electron chi connectivity index (χ4n) is 5.11. The Hall–Kier alpha value is -4.26. The van der Waals surface area contributed by atoms with Crippen molar-refractivity contribution in [2.75, 3.05) is 38.7 Å². The Kier molecular flexibility index (Phi) is 12.7. The molecule has 1 N–H and O–H groups in total. The predicted octanol–water partition coefficient (Wildman–Crippen LogP) is 6.10. The molecule has 0 aliphatic rings. The zero-order chi connectivity index (χ0) is 34.8. The van der Waals surface area contributed by atoms with Crippen LogP contribution in [0.4, 0.5) is 5.69 Å². The standard InChI is InChI=1S/C35H37BrClN3O7S/c1-5-38-35(42)30(19-24-9-7-6-8-10-24)39(22-25-11-13-26(36)14-12-25)34(41)23-40(29-20-27(37)15-17-31(29)45-2)48(43,44)28-16-18-32(46-3)33(21-28)47-4/h6-18,20-21,30H,5,19,22-23H2,1-4H3,(H,38,42). The number of hydrogen-bond donors (Lipinski definition) is 1. The number of sulfonamides is 1. The average molecular weight is 759 g/mol. The highest BCUT2D eigenvalue weighted by Gasteiger charge is 2.36. The lowest BCUT2D eigenvalue weighted by Gasteiger charge is -2.34. The van der Waals surface area contributed by atoms with E-state index >= 15 is 0 Å². The fraction of sp³-hybridized carbons (Fsp3) is 0.257. The highest BCUT2D eigenvalue weighted by atomic mass is 79.9. The van der Waals surface area contributed by atoms with E-state index in [1.54, 1.807) is 13.0 Å². The molecule has 254 valence electrons. The third-order valence-electron chi connectivity index (χ3n) is 7.52. The second kappa shape index (κ2) is 16.7. The molecule has 1 unspecified atom stereocenters. The Bertz CT molecular complexity index is 1830. The molecule has 0 aromatic heterocycles. The van der Waals surface area contributed by atoms with Crippen LogP contribution in [0.3, 0.4) is 0 Å². The van der Waals surface area contributed by atoms with Gasteiger partial charge in [0, 0.05) is 35.1 Å². The molecule has 0 bridgehead atoms. The minimum Gasteiger partial charge on any atom is -0.495 e. The second-order valence-electron chi connectivity index (χ2n) is 10.6. The molecule has 0 saturated carbocycles. The maximum atomic E-state index is 14.6. The summed E-state index contributed by atoms with van der Waals surface area (Å²) in [6.07, 6.45) is 0.192. The SMILES string of the molecule is CCNC(=O)C(Cc1ccccc1)N(Cc1ccc(Br)cc1)C(=O)CN(c1cc(Cl)ccc1OC)S(=O)(=O)c1ccc(OC)c(OC)c1. The van der Waals surface area contributed by atoms with Crippen molar-refractivity contribution in [3.05, 3.63) is 112 Å². The van der Waals surface area contributed by atoms with Crippen LogP contribution in [0, 0.1) is 0 Å². The van der Waals surface area contributed by atoms with Crippen LogP contribution in [-0.2, 0) is 32.6 Å². The molecule has 4 aromatic carbocycles. The summed E-state index contributed by atoms with van der Waals surface area (Å²) >= 11 is 9.81. The topological polar surface area (TPSA) is 114 Å². The summed E-state index contributed by atoms with van der Waals surface area (Å²) < 4.78 is 47.0. The summed E-state index contributed by atoms with van der Waals surface area (Å²) in [5, 5.41) is 3.07. The molecular weight excluding hydrogens is 722 g/mol. The van der Waals surface area contributed by atoms with E-state index in [2.05, 4.69) is 21.2 Å². The van der Waals surface area contributed by atoms with E-state index in [1.165, 1.54) is 56.6 Å². The molecule has 0 spiro atoms. The Labute approximate surface area is 294 Å². The second-order valence-corrected chi connectivity index (χ2v) is 13.8. The lowest BCUT2D eigenvalue weighted by molar-refractivity contribution is -0.140. The number of methoxy groups -OCH3 is 3. The molecule has 0 aliphatic heterocycles. The van der Waals surface area contributed by atoms with E-state index in [9.17, 15) is 18.0 Å². The number of ether oxygens (including phenoxy) is 3.